The van der Waals surface area contributed by atoms with Crippen LogP contribution in [0.3, 0.4) is 0 Å². The van der Waals surface area contributed by atoms with Crippen LogP contribution in [0.1, 0.15) is 36.0 Å². The van der Waals surface area contributed by atoms with Crippen LogP contribution >= 0.6 is 22.9 Å². The number of benzene rings is 1. The van der Waals surface area contributed by atoms with Gasteiger partial charge in [0.1, 0.15) is 6.54 Å². The number of anilines is 1. The zero-order chi connectivity index (χ0) is 22.7. The molecule has 0 aliphatic carbocycles. The highest BCUT2D eigenvalue weighted by molar-refractivity contribution is 7.09. The molecule has 1 saturated heterocycles. The number of likely N-dealkylation sites (N-methyl/N-ethyl adjacent to an activating group) is 1. The number of fused-ring (bicyclic) bond motifs is 2. The molecule has 2 aliphatic heterocycles. The molecule has 2 aromatic rings. The molecule has 4 amide bonds. The molecule has 3 heterocycles. The standard InChI is InChI=1S/C20H19ClN4O5S/c1-10(2)16-22-12(9-31-16)7-25-18(29)20(23(3)19(25)30)13-6-11(21)4-5-14(13)24(17(20)28)8-15(26)27/h4-6,9-10H,7-8H2,1-3H3,(H,26,27)/t20-/m0/s1. The van der Waals surface area contributed by atoms with E-state index in [1.54, 1.807) is 5.38 Å². The lowest BCUT2D eigenvalue weighted by Crippen LogP contribution is -2.53. The highest BCUT2D eigenvalue weighted by Gasteiger charge is 2.67. The minimum Gasteiger partial charge on any atom is -0.480 e. The summed E-state index contributed by atoms with van der Waals surface area (Å²) in [7, 11) is 1.35. The Balaban J connectivity index is 1.79. The number of aliphatic carboxylic acids is 1. The molecule has 0 bridgehead atoms. The smallest absolute Gasteiger partial charge is 0.328 e. The zero-order valence-corrected chi connectivity index (χ0v) is 18.5. The molecule has 1 aromatic carbocycles. The predicted molar refractivity (Wildman–Crippen MR) is 113 cm³/mol. The number of thiazole rings is 1. The maximum absolute atomic E-state index is 13.6. The second-order valence-electron chi connectivity index (χ2n) is 7.72. The summed E-state index contributed by atoms with van der Waals surface area (Å²) in [4.78, 5) is 59.0. The van der Waals surface area contributed by atoms with Crippen molar-refractivity contribution in [3.8, 4) is 0 Å². The number of carboxylic acids is 1. The zero-order valence-electron chi connectivity index (χ0n) is 17.0. The van der Waals surface area contributed by atoms with Gasteiger partial charge in [-0.15, -0.1) is 11.3 Å². The van der Waals surface area contributed by atoms with E-state index >= 15 is 0 Å². The van der Waals surface area contributed by atoms with Crippen LogP contribution in [0.2, 0.25) is 5.02 Å². The Kier molecular flexibility index (Phi) is 5.01. The van der Waals surface area contributed by atoms with E-state index in [1.807, 2.05) is 13.8 Å². The first-order chi connectivity index (χ1) is 14.6. The average Bonchev–Trinajstić information content (AvgIpc) is 3.31. The van der Waals surface area contributed by atoms with E-state index < -0.39 is 35.9 Å². The molecule has 1 fully saturated rings. The lowest BCUT2D eigenvalue weighted by molar-refractivity contribution is -0.143. The van der Waals surface area contributed by atoms with Crippen LogP contribution in [0.15, 0.2) is 23.6 Å². The van der Waals surface area contributed by atoms with Crippen molar-refractivity contribution in [1.29, 1.82) is 0 Å². The minimum absolute atomic E-state index is 0.0882. The van der Waals surface area contributed by atoms with Gasteiger partial charge in [0.05, 0.1) is 22.9 Å². The van der Waals surface area contributed by atoms with Gasteiger partial charge in [0.25, 0.3) is 11.8 Å². The number of hydrogen-bond acceptors (Lipinski definition) is 6. The van der Waals surface area contributed by atoms with Gasteiger partial charge in [0.15, 0.2) is 0 Å². The largest absolute Gasteiger partial charge is 0.480 e. The van der Waals surface area contributed by atoms with Crippen LogP contribution in [-0.4, -0.2) is 57.3 Å². The Labute approximate surface area is 186 Å². The van der Waals surface area contributed by atoms with Crippen LogP contribution in [-0.2, 0) is 26.5 Å². The molecule has 1 N–H and O–H groups in total. The van der Waals surface area contributed by atoms with E-state index in [2.05, 4.69) is 4.98 Å². The van der Waals surface area contributed by atoms with E-state index in [-0.39, 0.29) is 28.7 Å². The topological polar surface area (TPSA) is 111 Å². The first-order valence-corrected chi connectivity index (χ1v) is 10.7. The van der Waals surface area contributed by atoms with Crippen LogP contribution < -0.4 is 4.90 Å². The number of aromatic nitrogens is 1. The summed E-state index contributed by atoms with van der Waals surface area (Å²) >= 11 is 7.57. The molecule has 4 rings (SSSR count). The van der Waals surface area contributed by atoms with Crippen LogP contribution in [0.5, 0.6) is 0 Å². The number of urea groups is 1. The number of rotatable bonds is 5. The Morgan fingerprint density at radius 3 is 2.52 bits per heavy atom. The molecule has 9 nitrogen and oxygen atoms in total. The maximum atomic E-state index is 13.6. The van der Waals surface area contributed by atoms with Gasteiger partial charge in [0.2, 0.25) is 5.54 Å². The number of imide groups is 1. The first-order valence-electron chi connectivity index (χ1n) is 9.46. The lowest BCUT2D eigenvalue weighted by atomic mass is 9.90. The first kappa shape index (κ1) is 21.3. The number of nitrogens with zero attached hydrogens (tertiary/aromatic N) is 4. The summed E-state index contributed by atoms with van der Waals surface area (Å²) in [5, 5.41) is 12.2. The fraction of sp³-hybridized carbons (Fsp3) is 0.350. The normalized spacial score (nSPS) is 20.5. The van der Waals surface area contributed by atoms with E-state index in [0.717, 1.165) is 19.7 Å². The number of halogens is 1. The highest BCUT2D eigenvalue weighted by atomic mass is 35.5. The SMILES string of the molecule is CC(C)c1nc(CN2C(=O)N(C)[C@]3(C2=O)C(=O)N(CC(=O)O)c2ccc(Cl)cc23)cs1. The second-order valence-corrected chi connectivity index (χ2v) is 9.05. The van der Waals surface area contributed by atoms with Crippen molar-refractivity contribution in [2.75, 3.05) is 18.5 Å². The van der Waals surface area contributed by atoms with Crippen molar-refractivity contribution in [2.45, 2.75) is 31.8 Å². The van der Waals surface area contributed by atoms with Crippen molar-refractivity contribution >= 4 is 52.4 Å². The molecular formula is C20H19ClN4O5S. The average molecular weight is 463 g/mol. The van der Waals surface area contributed by atoms with Gasteiger partial charge in [-0.05, 0) is 18.2 Å². The van der Waals surface area contributed by atoms with Crippen molar-refractivity contribution in [3.05, 3.63) is 44.9 Å². The monoisotopic (exact) mass is 462 g/mol. The minimum atomic E-state index is -2.00. The summed E-state index contributed by atoms with van der Waals surface area (Å²) in [6.45, 7) is 3.25. The third-order valence-corrected chi connectivity index (χ3v) is 6.88. The second kappa shape index (κ2) is 7.31. The molecule has 11 heteroatoms. The lowest BCUT2D eigenvalue weighted by Gasteiger charge is -2.27. The third-order valence-electron chi connectivity index (χ3n) is 5.45. The maximum Gasteiger partial charge on any atom is 0.328 e. The molecule has 0 unspecified atom stereocenters. The van der Waals surface area contributed by atoms with Crippen molar-refractivity contribution in [3.63, 3.8) is 0 Å². The van der Waals surface area contributed by atoms with E-state index in [0.29, 0.717) is 5.69 Å². The summed E-state index contributed by atoms with van der Waals surface area (Å²) in [6, 6.07) is 3.75. The number of hydrogen-bond donors (Lipinski definition) is 1. The molecule has 162 valence electrons. The molecule has 31 heavy (non-hydrogen) atoms. The fourth-order valence-corrected chi connectivity index (χ4v) is 4.99. The molecule has 1 aromatic heterocycles. The number of carbonyl (C=O) groups is 4. The van der Waals surface area contributed by atoms with Crippen molar-refractivity contribution < 1.29 is 24.3 Å². The predicted octanol–water partition coefficient (Wildman–Crippen LogP) is 2.64. The molecule has 1 spiro atoms. The van der Waals surface area contributed by atoms with Crippen LogP contribution in [0, 0.1) is 0 Å². The Morgan fingerprint density at radius 1 is 1.23 bits per heavy atom. The Morgan fingerprint density at radius 2 is 1.90 bits per heavy atom. The third kappa shape index (κ3) is 3.01. The summed E-state index contributed by atoms with van der Waals surface area (Å²) in [6.07, 6.45) is 0. The molecule has 1 atom stereocenters. The van der Waals surface area contributed by atoms with Gasteiger partial charge >= 0.3 is 12.0 Å². The van der Waals surface area contributed by atoms with Crippen LogP contribution in [0.25, 0.3) is 0 Å². The van der Waals surface area contributed by atoms with Crippen molar-refractivity contribution in [2.24, 2.45) is 0 Å². The van der Waals surface area contributed by atoms with Gasteiger partial charge in [-0.25, -0.2) is 9.78 Å². The molecule has 0 saturated carbocycles. The van der Waals surface area contributed by atoms with E-state index in [9.17, 15) is 24.3 Å². The number of carbonyl (C=O) groups excluding carboxylic acids is 3. The molecular weight excluding hydrogens is 444 g/mol. The number of carboxylic acid groups (broad SMARTS) is 1. The van der Waals surface area contributed by atoms with Gasteiger partial charge in [0, 0.05) is 28.9 Å². The summed E-state index contributed by atoms with van der Waals surface area (Å²) < 4.78 is 0. The van der Waals surface area contributed by atoms with Gasteiger partial charge < -0.3 is 10.0 Å². The Hall–Kier alpha value is -2.98. The molecule has 0 radical (unpaired) electrons. The van der Waals surface area contributed by atoms with E-state index in [4.69, 9.17) is 11.6 Å². The summed E-state index contributed by atoms with van der Waals surface area (Å²) in [5.74, 6) is -2.59. The van der Waals surface area contributed by atoms with Gasteiger partial charge in [-0.1, -0.05) is 25.4 Å². The molecule has 2 aliphatic rings. The van der Waals surface area contributed by atoms with Crippen LogP contribution in [0.4, 0.5) is 10.5 Å². The quantitative estimate of drug-likeness (QED) is 0.540. The van der Waals surface area contributed by atoms with Crippen molar-refractivity contribution in [1.82, 2.24) is 14.8 Å². The highest BCUT2D eigenvalue weighted by Crippen LogP contribution is 2.49. The summed E-state index contributed by atoms with van der Waals surface area (Å²) in [5.41, 5.74) is -1.03. The van der Waals surface area contributed by atoms with Gasteiger partial charge in [-0.2, -0.15) is 0 Å². The van der Waals surface area contributed by atoms with Gasteiger partial charge in [-0.3, -0.25) is 24.2 Å². The number of amides is 4. The Bertz CT molecular complexity index is 1130. The fourth-order valence-electron chi connectivity index (χ4n) is 3.99. The van der Waals surface area contributed by atoms with E-state index in [1.165, 1.54) is 36.6 Å².